The van der Waals surface area contributed by atoms with Gasteiger partial charge in [-0.05, 0) is 0 Å². The van der Waals surface area contributed by atoms with Gasteiger partial charge in [0.05, 0.1) is 0 Å². The van der Waals surface area contributed by atoms with Crippen molar-refractivity contribution in [3.63, 3.8) is 0 Å². The number of rotatable bonds is 1. The van der Waals surface area contributed by atoms with Crippen LogP contribution < -0.4 is 5.73 Å². The Kier molecular flexibility index (Phi) is 2.59. The van der Waals surface area contributed by atoms with E-state index in [2.05, 4.69) is 19.1 Å². The van der Waals surface area contributed by atoms with E-state index in [1.54, 1.807) is 0 Å². The van der Waals surface area contributed by atoms with E-state index in [0.29, 0.717) is 3.97 Å². The van der Waals surface area contributed by atoms with Crippen LogP contribution in [-0.4, -0.2) is 22.3 Å². The molecule has 2 heteroatoms. The van der Waals surface area contributed by atoms with Gasteiger partial charge in [0, 0.05) is 0 Å². The number of nitrogen functional groups attached to an aromatic ring is 1. The average Bonchev–Trinajstić information content (AvgIpc) is 1.88. The molecule has 0 radical (unpaired) electrons. The normalized spacial score (nSPS) is 13.0. The van der Waals surface area contributed by atoms with Gasteiger partial charge < -0.3 is 0 Å². The summed E-state index contributed by atoms with van der Waals surface area (Å²) in [5.74, 6) is 0. The predicted octanol–water partition coefficient (Wildman–Crippen LogP) is 1.34. The molecule has 0 amide bonds. The van der Waals surface area contributed by atoms with Gasteiger partial charge in [0.15, 0.2) is 0 Å². The fraction of sp³-hybridized carbons (Fsp3) is 0.250. The van der Waals surface area contributed by atoms with E-state index in [-0.39, 0.29) is 1.43 Å². The molecule has 0 fully saturated rings. The fourth-order valence-corrected chi connectivity index (χ4v) is 1.27. The van der Waals surface area contributed by atoms with Crippen LogP contribution in [-0.2, 0) is 0 Å². The minimum Gasteiger partial charge on any atom is 1.00 e. The van der Waals surface area contributed by atoms with Crippen LogP contribution in [0.2, 0.25) is 0 Å². The van der Waals surface area contributed by atoms with Crippen LogP contribution >= 0.6 is 0 Å². The molecule has 0 aliphatic heterocycles. The summed E-state index contributed by atoms with van der Waals surface area (Å²) >= 11 is 1.83. The average molecular weight is 250 g/mol. The van der Waals surface area contributed by atoms with E-state index in [1.165, 1.54) is 5.56 Å². The van der Waals surface area contributed by atoms with Crippen LogP contribution in [0.1, 0.15) is 17.9 Å². The Morgan fingerprint density at radius 3 is 2.30 bits per heavy atom. The zero-order valence-electron chi connectivity index (χ0n) is 6.91. The Hall–Kier alpha value is -0.190. The summed E-state index contributed by atoms with van der Waals surface area (Å²) in [7, 11) is 0. The third kappa shape index (κ3) is 1.90. The smallest absolute Gasteiger partial charge is 1.00 e. The van der Waals surface area contributed by atoms with Gasteiger partial charge in [0.25, 0.3) is 0 Å². The van der Waals surface area contributed by atoms with Crippen molar-refractivity contribution < 1.29 is 1.43 Å². The molecule has 0 spiro atoms. The summed E-state index contributed by atoms with van der Waals surface area (Å²) in [5.41, 5.74) is 7.74. The number of nitrogens with two attached hydrogens (primary N) is 1. The van der Waals surface area contributed by atoms with E-state index in [4.69, 9.17) is 5.73 Å². The molecule has 54 valence electrons. The van der Waals surface area contributed by atoms with Gasteiger partial charge in [0.1, 0.15) is 0 Å². The first-order valence-corrected chi connectivity index (χ1v) is 4.71. The van der Waals surface area contributed by atoms with Crippen molar-refractivity contribution >= 4 is 28.0 Å². The van der Waals surface area contributed by atoms with Gasteiger partial charge in [-0.15, -0.1) is 0 Å². The minimum absolute atomic E-state index is 0. The Bertz CT molecular complexity index is 208. The standard InChI is InChI=1S/C8H11NTe/c1-6(10)7-2-4-8(9)5-3-7/h2-6,10H,9H2,1H3/p+1. The molecule has 1 aromatic carbocycles. The molecule has 1 aromatic rings. The molecule has 2 N–H and O–H groups in total. The molecular formula is C8H12NTe+. The second kappa shape index (κ2) is 3.27. The van der Waals surface area contributed by atoms with Crippen molar-refractivity contribution in [2.75, 3.05) is 5.73 Å². The summed E-state index contributed by atoms with van der Waals surface area (Å²) in [6.07, 6.45) is 0. The second-order valence-corrected chi connectivity index (χ2v) is 4.55. The Balaban J connectivity index is 0.000001000. The molecule has 0 aliphatic rings. The van der Waals surface area contributed by atoms with Gasteiger partial charge in [0.2, 0.25) is 0 Å². The topological polar surface area (TPSA) is 26.0 Å². The van der Waals surface area contributed by atoms with Crippen molar-refractivity contribution in [1.29, 1.82) is 0 Å². The van der Waals surface area contributed by atoms with Gasteiger partial charge >= 0.3 is 75.9 Å². The van der Waals surface area contributed by atoms with Crippen molar-refractivity contribution in [3.05, 3.63) is 29.8 Å². The van der Waals surface area contributed by atoms with Gasteiger partial charge in [-0.3, -0.25) is 0 Å². The van der Waals surface area contributed by atoms with Gasteiger partial charge in [-0.25, -0.2) is 0 Å². The molecule has 1 unspecified atom stereocenters. The number of benzene rings is 1. The maximum absolute atomic E-state index is 5.53. The molecule has 10 heavy (non-hydrogen) atoms. The summed E-state index contributed by atoms with van der Waals surface area (Å²) in [6.45, 7) is 2.19. The third-order valence-corrected chi connectivity index (χ3v) is 2.27. The van der Waals surface area contributed by atoms with E-state index >= 15 is 0 Å². The van der Waals surface area contributed by atoms with E-state index in [9.17, 15) is 0 Å². The Morgan fingerprint density at radius 2 is 1.90 bits per heavy atom. The predicted molar refractivity (Wildman–Crippen MR) is 47.5 cm³/mol. The zero-order valence-corrected chi connectivity index (χ0v) is 8.46. The van der Waals surface area contributed by atoms with Crippen LogP contribution in [0.25, 0.3) is 0 Å². The van der Waals surface area contributed by atoms with Crippen molar-refractivity contribution in [3.8, 4) is 0 Å². The van der Waals surface area contributed by atoms with Crippen molar-refractivity contribution in [2.24, 2.45) is 0 Å². The van der Waals surface area contributed by atoms with Gasteiger partial charge in [-0.1, -0.05) is 0 Å². The quantitative estimate of drug-likeness (QED) is 0.590. The summed E-state index contributed by atoms with van der Waals surface area (Å²) < 4.78 is 0.648. The first-order chi connectivity index (χ1) is 4.70. The first-order valence-electron chi connectivity index (χ1n) is 3.23. The molecule has 0 heterocycles. The largest absolute Gasteiger partial charge is 1.00 e. The number of hydrogen-bond acceptors (Lipinski definition) is 1. The van der Waals surface area contributed by atoms with Crippen LogP contribution in [0, 0.1) is 0 Å². The molecular weight excluding hydrogens is 238 g/mol. The molecule has 0 saturated carbocycles. The maximum atomic E-state index is 5.53. The van der Waals surface area contributed by atoms with E-state index < -0.39 is 0 Å². The number of anilines is 1. The summed E-state index contributed by atoms with van der Waals surface area (Å²) in [5, 5.41) is 0. The summed E-state index contributed by atoms with van der Waals surface area (Å²) in [4.78, 5) is 0. The third-order valence-electron chi connectivity index (χ3n) is 1.42. The molecule has 1 nitrogen and oxygen atoms in total. The van der Waals surface area contributed by atoms with Crippen LogP contribution in [0.4, 0.5) is 5.69 Å². The van der Waals surface area contributed by atoms with E-state index in [1.807, 2.05) is 34.4 Å². The zero-order chi connectivity index (χ0) is 7.56. The molecule has 0 aliphatic carbocycles. The molecule has 0 bridgehead atoms. The van der Waals surface area contributed by atoms with Crippen LogP contribution in [0.15, 0.2) is 24.3 Å². The monoisotopic (exact) mass is 252 g/mol. The Morgan fingerprint density at radius 1 is 1.40 bits per heavy atom. The fourth-order valence-electron chi connectivity index (χ4n) is 0.775. The van der Waals surface area contributed by atoms with Crippen molar-refractivity contribution in [1.82, 2.24) is 0 Å². The molecule has 1 rings (SSSR count). The van der Waals surface area contributed by atoms with Crippen LogP contribution in [0.3, 0.4) is 0 Å². The molecule has 0 aromatic heterocycles. The maximum Gasteiger partial charge on any atom is 1.00 e. The van der Waals surface area contributed by atoms with E-state index in [0.717, 1.165) is 5.69 Å². The first kappa shape index (κ1) is 7.91. The Labute approximate surface area is 76.0 Å². The molecule has 0 saturated heterocycles. The van der Waals surface area contributed by atoms with Crippen LogP contribution in [0.5, 0.6) is 0 Å². The second-order valence-electron chi connectivity index (χ2n) is 2.34. The summed E-state index contributed by atoms with van der Waals surface area (Å²) in [6, 6.07) is 8.06. The van der Waals surface area contributed by atoms with Crippen molar-refractivity contribution in [2.45, 2.75) is 10.9 Å². The molecule has 1 atom stereocenters. The van der Waals surface area contributed by atoms with Gasteiger partial charge in [-0.2, -0.15) is 0 Å². The minimum atomic E-state index is 0. The SMILES string of the molecule is CC([TeH])c1ccc(N)cc1.[H+]. The number of hydrogen-bond donors (Lipinski definition) is 1.